The standard InChI is InChI=1S/C11H13N3O3S/c1-14-7-10(12)11(13-14)17-8-3-5-9(6-4-8)18(2,15)16/h3-7H,12H2,1-2H3. The second-order valence-corrected chi connectivity index (χ2v) is 5.92. The first kappa shape index (κ1) is 12.4. The number of nitrogen functional groups attached to an aromatic ring is 1. The van der Waals surface area contributed by atoms with Crippen LogP contribution in [0, 0.1) is 0 Å². The highest BCUT2D eigenvalue weighted by Crippen LogP contribution is 2.25. The molecule has 0 unspecified atom stereocenters. The maximum Gasteiger partial charge on any atom is 0.261 e. The van der Waals surface area contributed by atoms with E-state index in [4.69, 9.17) is 10.5 Å². The van der Waals surface area contributed by atoms with Crippen molar-refractivity contribution in [3.8, 4) is 11.6 Å². The molecule has 1 aromatic carbocycles. The van der Waals surface area contributed by atoms with E-state index >= 15 is 0 Å². The lowest BCUT2D eigenvalue weighted by atomic mass is 10.3. The van der Waals surface area contributed by atoms with Crippen LogP contribution in [0.15, 0.2) is 35.4 Å². The van der Waals surface area contributed by atoms with E-state index in [1.807, 2.05) is 0 Å². The minimum absolute atomic E-state index is 0.240. The van der Waals surface area contributed by atoms with Crippen LogP contribution in [0.5, 0.6) is 11.6 Å². The zero-order valence-corrected chi connectivity index (χ0v) is 10.8. The number of sulfone groups is 1. The smallest absolute Gasteiger partial charge is 0.261 e. The Labute approximate surface area is 105 Å². The molecule has 2 aromatic rings. The molecule has 96 valence electrons. The number of rotatable bonds is 3. The van der Waals surface area contributed by atoms with Gasteiger partial charge in [0.15, 0.2) is 9.84 Å². The molecule has 0 spiro atoms. The summed E-state index contributed by atoms with van der Waals surface area (Å²) in [4.78, 5) is 0.240. The van der Waals surface area contributed by atoms with Crippen LogP contribution in [-0.2, 0) is 16.9 Å². The van der Waals surface area contributed by atoms with Crippen molar-refractivity contribution in [2.75, 3.05) is 12.0 Å². The van der Waals surface area contributed by atoms with E-state index in [0.717, 1.165) is 6.26 Å². The SMILES string of the molecule is Cn1cc(N)c(Oc2ccc(S(C)(=O)=O)cc2)n1. The quantitative estimate of drug-likeness (QED) is 0.902. The molecule has 1 aromatic heterocycles. The fourth-order valence-electron chi connectivity index (χ4n) is 1.43. The number of aryl methyl sites for hydroxylation is 1. The second kappa shape index (κ2) is 4.34. The van der Waals surface area contributed by atoms with Crippen LogP contribution in [0.3, 0.4) is 0 Å². The van der Waals surface area contributed by atoms with Crippen LogP contribution in [0.4, 0.5) is 5.69 Å². The second-order valence-electron chi connectivity index (χ2n) is 3.91. The predicted molar refractivity (Wildman–Crippen MR) is 67.2 cm³/mol. The lowest BCUT2D eigenvalue weighted by Gasteiger charge is -2.04. The van der Waals surface area contributed by atoms with Gasteiger partial charge in [-0.15, -0.1) is 5.10 Å². The highest BCUT2D eigenvalue weighted by molar-refractivity contribution is 7.90. The van der Waals surface area contributed by atoms with Gasteiger partial charge in [0.2, 0.25) is 0 Å². The fraction of sp³-hybridized carbons (Fsp3) is 0.182. The molecule has 0 aliphatic heterocycles. The molecule has 0 aliphatic rings. The van der Waals surface area contributed by atoms with Crippen LogP contribution in [0.25, 0.3) is 0 Å². The number of nitrogens with zero attached hydrogens (tertiary/aromatic N) is 2. The Bertz CT molecular complexity index is 659. The zero-order valence-electron chi connectivity index (χ0n) is 9.99. The molecule has 0 saturated carbocycles. The summed E-state index contributed by atoms with van der Waals surface area (Å²) >= 11 is 0. The number of ether oxygens (including phenoxy) is 1. The maximum atomic E-state index is 11.3. The van der Waals surface area contributed by atoms with Gasteiger partial charge in [-0.25, -0.2) is 8.42 Å². The van der Waals surface area contributed by atoms with Crippen LogP contribution >= 0.6 is 0 Å². The van der Waals surface area contributed by atoms with Gasteiger partial charge < -0.3 is 10.5 Å². The Kier molecular flexibility index (Phi) is 3.00. The van der Waals surface area contributed by atoms with E-state index in [9.17, 15) is 8.42 Å². The third-order valence-electron chi connectivity index (χ3n) is 2.29. The molecule has 0 atom stereocenters. The van der Waals surface area contributed by atoms with Crippen LogP contribution < -0.4 is 10.5 Å². The topological polar surface area (TPSA) is 87.2 Å². The summed E-state index contributed by atoms with van der Waals surface area (Å²) in [5, 5.41) is 4.03. The molecule has 6 nitrogen and oxygen atoms in total. The molecule has 7 heteroatoms. The molecule has 2 rings (SSSR count). The van der Waals surface area contributed by atoms with E-state index in [-0.39, 0.29) is 4.90 Å². The van der Waals surface area contributed by atoms with Crippen molar-refractivity contribution in [2.45, 2.75) is 4.90 Å². The van der Waals surface area contributed by atoms with Crippen molar-refractivity contribution in [3.63, 3.8) is 0 Å². The first-order valence-corrected chi connectivity index (χ1v) is 7.02. The third-order valence-corrected chi connectivity index (χ3v) is 3.42. The maximum absolute atomic E-state index is 11.3. The number of nitrogens with two attached hydrogens (primary N) is 1. The van der Waals surface area contributed by atoms with Crippen LogP contribution in [0.1, 0.15) is 0 Å². The van der Waals surface area contributed by atoms with Crippen LogP contribution in [-0.4, -0.2) is 24.5 Å². The largest absolute Gasteiger partial charge is 0.436 e. The lowest BCUT2D eigenvalue weighted by molar-refractivity contribution is 0.455. The Morgan fingerprint density at radius 1 is 1.28 bits per heavy atom. The van der Waals surface area contributed by atoms with Gasteiger partial charge in [-0.1, -0.05) is 0 Å². The minimum atomic E-state index is -3.20. The molecule has 18 heavy (non-hydrogen) atoms. The average Bonchev–Trinajstić information content (AvgIpc) is 2.57. The fourth-order valence-corrected chi connectivity index (χ4v) is 2.06. The van der Waals surface area contributed by atoms with Gasteiger partial charge in [0.25, 0.3) is 5.88 Å². The van der Waals surface area contributed by atoms with Gasteiger partial charge in [-0.3, -0.25) is 4.68 Å². The first-order valence-electron chi connectivity index (χ1n) is 5.13. The van der Waals surface area contributed by atoms with E-state index in [1.165, 1.54) is 16.8 Å². The lowest BCUT2D eigenvalue weighted by Crippen LogP contribution is -1.96. The van der Waals surface area contributed by atoms with Crippen molar-refractivity contribution in [3.05, 3.63) is 30.5 Å². The zero-order chi connectivity index (χ0) is 13.3. The summed E-state index contributed by atoms with van der Waals surface area (Å²) in [5.41, 5.74) is 6.11. The molecule has 0 aliphatic carbocycles. The Morgan fingerprint density at radius 2 is 1.89 bits per heavy atom. The summed E-state index contributed by atoms with van der Waals surface area (Å²) in [6.07, 6.45) is 2.78. The molecule has 0 bridgehead atoms. The van der Waals surface area contributed by atoms with Gasteiger partial charge in [-0.2, -0.15) is 0 Å². The molecule has 0 fully saturated rings. The van der Waals surface area contributed by atoms with Crippen molar-refractivity contribution >= 4 is 15.5 Å². The van der Waals surface area contributed by atoms with E-state index in [0.29, 0.717) is 17.3 Å². The molecule has 0 saturated heterocycles. The normalized spacial score (nSPS) is 11.4. The molecule has 0 radical (unpaired) electrons. The van der Waals surface area contributed by atoms with Gasteiger partial charge in [0, 0.05) is 13.3 Å². The Morgan fingerprint density at radius 3 is 2.33 bits per heavy atom. The number of aromatic nitrogens is 2. The van der Waals surface area contributed by atoms with Crippen molar-refractivity contribution in [2.24, 2.45) is 7.05 Å². The predicted octanol–water partition coefficient (Wildman–Crippen LogP) is 1.20. The number of hydrogen-bond donors (Lipinski definition) is 1. The monoisotopic (exact) mass is 267 g/mol. The summed E-state index contributed by atoms with van der Waals surface area (Å²) in [5.74, 6) is 0.775. The van der Waals surface area contributed by atoms with E-state index < -0.39 is 9.84 Å². The van der Waals surface area contributed by atoms with E-state index in [2.05, 4.69) is 5.10 Å². The van der Waals surface area contributed by atoms with Crippen molar-refractivity contribution in [1.29, 1.82) is 0 Å². The summed E-state index contributed by atoms with van der Waals surface area (Å²) in [7, 11) is -1.46. The molecular weight excluding hydrogens is 254 g/mol. The summed E-state index contributed by atoms with van der Waals surface area (Å²) in [6, 6.07) is 6.07. The highest BCUT2D eigenvalue weighted by Gasteiger charge is 2.09. The minimum Gasteiger partial charge on any atom is -0.436 e. The number of benzene rings is 1. The molecule has 1 heterocycles. The molecule has 2 N–H and O–H groups in total. The summed E-state index contributed by atoms with van der Waals surface area (Å²) < 4.78 is 29.5. The van der Waals surface area contributed by atoms with Gasteiger partial charge in [0.1, 0.15) is 11.4 Å². The average molecular weight is 267 g/mol. The van der Waals surface area contributed by atoms with Crippen molar-refractivity contribution < 1.29 is 13.2 Å². The van der Waals surface area contributed by atoms with Crippen molar-refractivity contribution in [1.82, 2.24) is 9.78 Å². The molecular formula is C11H13N3O3S. The van der Waals surface area contributed by atoms with Gasteiger partial charge in [0.05, 0.1) is 11.1 Å². The first-order chi connectivity index (χ1) is 8.36. The van der Waals surface area contributed by atoms with Gasteiger partial charge >= 0.3 is 0 Å². The van der Waals surface area contributed by atoms with Crippen LogP contribution in [0.2, 0.25) is 0 Å². The number of anilines is 1. The van der Waals surface area contributed by atoms with Gasteiger partial charge in [-0.05, 0) is 24.3 Å². The van der Waals surface area contributed by atoms with E-state index in [1.54, 1.807) is 25.4 Å². The Balaban J connectivity index is 2.24. The number of hydrogen-bond acceptors (Lipinski definition) is 5. The Hall–Kier alpha value is -2.02. The third kappa shape index (κ3) is 2.62. The summed E-state index contributed by atoms with van der Waals surface area (Å²) in [6.45, 7) is 0. The highest BCUT2D eigenvalue weighted by atomic mass is 32.2. The molecule has 0 amide bonds.